The average Bonchev–Trinajstić information content (AvgIpc) is 2.61. The van der Waals surface area contributed by atoms with Crippen molar-refractivity contribution in [3.8, 4) is 5.75 Å². The summed E-state index contributed by atoms with van der Waals surface area (Å²) in [6.07, 6.45) is 5.16. The molecule has 2 rings (SSSR count). The third-order valence-electron chi connectivity index (χ3n) is 5.24. The van der Waals surface area contributed by atoms with Gasteiger partial charge in [-0.05, 0) is 42.4 Å². The highest BCUT2D eigenvalue weighted by molar-refractivity contribution is 5.79. The van der Waals surface area contributed by atoms with Gasteiger partial charge in [-0.3, -0.25) is 9.79 Å². The zero-order valence-electron chi connectivity index (χ0n) is 16.5. The van der Waals surface area contributed by atoms with Crippen molar-refractivity contribution in [3.05, 3.63) is 29.8 Å². The molecule has 0 saturated heterocycles. The van der Waals surface area contributed by atoms with Gasteiger partial charge in [0.1, 0.15) is 5.75 Å². The second-order valence-electron chi connectivity index (χ2n) is 7.21. The van der Waals surface area contributed by atoms with E-state index in [1.165, 1.54) is 30.6 Å². The standard InChI is InChI=1S/C20H32N4O2/c1-5-20(10-7-11-20)15-23-19(21-2)22-13-16-8-6-9-17(12-16)26-14-18(25)24(3)4/h6,8-9,12H,5,7,10-11,13-15H2,1-4H3,(H2,21,22,23). The third kappa shape index (κ3) is 5.64. The first-order valence-corrected chi connectivity index (χ1v) is 9.34. The molecule has 0 spiro atoms. The smallest absolute Gasteiger partial charge is 0.259 e. The van der Waals surface area contributed by atoms with Crippen molar-refractivity contribution in [2.75, 3.05) is 34.3 Å². The summed E-state index contributed by atoms with van der Waals surface area (Å²) in [6, 6.07) is 7.77. The second kappa shape index (κ2) is 9.46. The van der Waals surface area contributed by atoms with Gasteiger partial charge in [0.2, 0.25) is 0 Å². The molecule has 1 aromatic rings. The minimum atomic E-state index is -0.0565. The van der Waals surface area contributed by atoms with Crippen LogP contribution in [0, 0.1) is 5.41 Å². The number of amides is 1. The van der Waals surface area contributed by atoms with Gasteiger partial charge in [0.05, 0.1) is 0 Å². The van der Waals surface area contributed by atoms with Gasteiger partial charge in [-0.15, -0.1) is 0 Å². The van der Waals surface area contributed by atoms with E-state index in [0.717, 1.165) is 18.1 Å². The summed E-state index contributed by atoms with van der Waals surface area (Å²) < 4.78 is 5.57. The van der Waals surface area contributed by atoms with Gasteiger partial charge in [0.15, 0.2) is 12.6 Å². The lowest BCUT2D eigenvalue weighted by molar-refractivity contribution is -0.130. The summed E-state index contributed by atoms with van der Waals surface area (Å²) in [7, 11) is 5.23. The molecule has 0 atom stereocenters. The van der Waals surface area contributed by atoms with Gasteiger partial charge < -0.3 is 20.3 Å². The maximum absolute atomic E-state index is 11.6. The molecule has 1 amide bonds. The first kappa shape index (κ1) is 20.1. The number of nitrogens with one attached hydrogen (secondary N) is 2. The van der Waals surface area contributed by atoms with E-state index < -0.39 is 0 Å². The molecule has 6 heteroatoms. The molecule has 0 aromatic heterocycles. The number of likely N-dealkylation sites (N-methyl/N-ethyl adjacent to an activating group) is 1. The number of rotatable bonds is 8. The Morgan fingerprint density at radius 1 is 1.31 bits per heavy atom. The van der Waals surface area contributed by atoms with E-state index in [1.807, 2.05) is 24.3 Å². The summed E-state index contributed by atoms with van der Waals surface area (Å²) in [6.45, 7) is 3.94. The van der Waals surface area contributed by atoms with Crippen molar-refractivity contribution in [1.82, 2.24) is 15.5 Å². The number of hydrogen-bond donors (Lipinski definition) is 2. The first-order valence-electron chi connectivity index (χ1n) is 9.34. The molecule has 144 valence electrons. The maximum atomic E-state index is 11.6. The van der Waals surface area contributed by atoms with E-state index in [4.69, 9.17) is 4.74 Å². The molecule has 6 nitrogen and oxygen atoms in total. The lowest BCUT2D eigenvalue weighted by Gasteiger charge is -2.41. The number of aliphatic imine (C=N–C) groups is 1. The van der Waals surface area contributed by atoms with Crippen LogP contribution in [0.25, 0.3) is 0 Å². The van der Waals surface area contributed by atoms with Crippen LogP contribution in [-0.2, 0) is 11.3 Å². The van der Waals surface area contributed by atoms with Crippen LogP contribution in [0.3, 0.4) is 0 Å². The summed E-state index contributed by atoms with van der Waals surface area (Å²) >= 11 is 0. The molecular formula is C20H32N4O2. The highest BCUT2D eigenvalue weighted by Crippen LogP contribution is 2.42. The molecule has 1 fully saturated rings. The number of nitrogens with zero attached hydrogens (tertiary/aromatic N) is 2. The van der Waals surface area contributed by atoms with E-state index in [0.29, 0.717) is 17.7 Å². The molecule has 0 bridgehead atoms. The zero-order chi connectivity index (χ0) is 19.0. The van der Waals surface area contributed by atoms with Crippen molar-refractivity contribution in [2.45, 2.75) is 39.2 Å². The lowest BCUT2D eigenvalue weighted by atomic mass is 9.67. The van der Waals surface area contributed by atoms with Gasteiger partial charge in [0, 0.05) is 34.2 Å². The molecule has 26 heavy (non-hydrogen) atoms. The largest absolute Gasteiger partial charge is 0.484 e. The molecule has 1 saturated carbocycles. The highest BCUT2D eigenvalue weighted by atomic mass is 16.5. The Morgan fingerprint density at radius 2 is 2.08 bits per heavy atom. The summed E-state index contributed by atoms with van der Waals surface area (Å²) in [4.78, 5) is 17.5. The Morgan fingerprint density at radius 3 is 2.65 bits per heavy atom. The van der Waals surface area contributed by atoms with E-state index >= 15 is 0 Å². The summed E-state index contributed by atoms with van der Waals surface area (Å²) in [5, 5.41) is 6.81. The van der Waals surface area contributed by atoms with Crippen LogP contribution in [0.15, 0.2) is 29.3 Å². The highest BCUT2D eigenvalue weighted by Gasteiger charge is 2.34. The third-order valence-corrected chi connectivity index (χ3v) is 5.24. The zero-order valence-corrected chi connectivity index (χ0v) is 16.5. The van der Waals surface area contributed by atoms with Crippen molar-refractivity contribution < 1.29 is 9.53 Å². The van der Waals surface area contributed by atoms with Crippen LogP contribution >= 0.6 is 0 Å². The average molecular weight is 361 g/mol. The Hall–Kier alpha value is -2.24. The van der Waals surface area contributed by atoms with Crippen LogP contribution in [-0.4, -0.2) is 51.1 Å². The molecule has 0 radical (unpaired) electrons. The van der Waals surface area contributed by atoms with Crippen molar-refractivity contribution in [3.63, 3.8) is 0 Å². The number of benzene rings is 1. The lowest BCUT2D eigenvalue weighted by Crippen LogP contribution is -2.46. The SMILES string of the molecule is CCC1(CNC(=NC)NCc2cccc(OCC(=O)N(C)C)c2)CCC1. The minimum Gasteiger partial charge on any atom is -0.484 e. The van der Waals surface area contributed by atoms with Gasteiger partial charge in [0.25, 0.3) is 5.91 Å². The number of carbonyl (C=O) groups is 1. The number of guanidine groups is 1. The molecule has 0 aliphatic heterocycles. The van der Waals surface area contributed by atoms with Crippen LogP contribution in [0.4, 0.5) is 0 Å². The van der Waals surface area contributed by atoms with Crippen LogP contribution < -0.4 is 15.4 Å². The first-order chi connectivity index (χ1) is 12.5. The van der Waals surface area contributed by atoms with Crippen molar-refractivity contribution in [2.24, 2.45) is 10.4 Å². The quantitative estimate of drug-likeness (QED) is 0.552. The fraction of sp³-hybridized carbons (Fsp3) is 0.600. The molecule has 2 N–H and O–H groups in total. The number of carbonyl (C=O) groups excluding carboxylic acids is 1. The Balaban J connectivity index is 1.82. The van der Waals surface area contributed by atoms with Gasteiger partial charge in [-0.2, -0.15) is 0 Å². The predicted molar refractivity (Wildman–Crippen MR) is 105 cm³/mol. The van der Waals surface area contributed by atoms with Gasteiger partial charge >= 0.3 is 0 Å². The summed E-state index contributed by atoms with van der Waals surface area (Å²) in [5.74, 6) is 1.46. The van der Waals surface area contributed by atoms with E-state index in [-0.39, 0.29) is 12.5 Å². The fourth-order valence-corrected chi connectivity index (χ4v) is 3.03. The molecule has 0 unspecified atom stereocenters. The van der Waals surface area contributed by atoms with E-state index in [9.17, 15) is 4.79 Å². The molecule has 1 aliphatic rings. The normalized spacial score (nSPS) is 15.8. The van der Waals surface area contributed by atoms with Gasteiger partial charge in [-0.25, -0.2) is 0 Å². The van der Waals surface area contributed by atoms with Crippen LogP contribution in [0.5, 0.6) is 5.75 Å². The maximum Gasteiger partial charge on any atom is 0.259 e. The minimum absolute atomic E-state index is 0.0478. The topological polar surface area (TPSA) is 66.0 Å². The molecule has 1 aromatic carbocycles. The monoisotopic (exact) mass is 360 g/mol. The van der Waals surface area contributed by atoms with E-state index in [1.54, 1.807) is 21.1 Å². The Labute approximate surface area is 157 Å². The van der Waals surface area contributed by atoms with E-state index in [2.05, 4.69) is 22.5 Å². The van der Waals surface area contributed by atoms with Gasteiger partial charge in [-0.1, -0.05) is 25.5 Å². The molecule has 1 aliphatic carbocycles. The van der Waals surface area contributed by atoms with Crippen LogP contribution in [0.2, 0.25) is 0 Å². The van der Waals surface area contributed by atoms with Crippen LogP contribution in [0.1, 0.15) is 38.2 Å². The number of hydrogen-bond acceptors (Lipinski definition) is 3. The van der Waals surface area contributed by atoms with Crippen molar-refractivity contribution in [1.29, 1.82) is 0 Å². The Bertz CT molecular complexity index is 618. The fourth-order valence-electron chi connectivity index (χ4n) is 3.03. The number of ether oxygens (including phenoxy) is 1. The molecule has 0 heterocycles. The molecular weight excluding hydrogens is 328 g/mol. The second-order valence-corrected chi connectivity index (χ2v) is 7.21. The summed E-state index contributed by atoms with van der Waals surface area (Å²) in [5.41, 5.74) is 1.53. The Kier molecular flexibility index (Phi) is 7.30. The predicted octanol–water partition coefficient (Wildman–Crippen LogP) is 2.40. The van der Waals surface area contributed by atoms with Crippen molar-refractivity contribution >= 4 is 11.9 Å².